The van der Waals surface area contributed by atoms with Gasteiger partial charge in [-0.3, -0.25) is 4.79 Å². The first-order valence-electron chi connectivity index (χ1n) is 2.19. The topological polar surface area (TPSA) is 54.9 Å². The van der Waals surface area contributed by atoms with Crippen LogP contribution >= 0.6 is 0 Å². The number of nitrogens with one attached hydrogen (secondary N) is 1. The Morgan fingerprint density at radius 3 is 2.50 bits per heavy atom. The SMILES string of the molecule is O=c1cc[nH]c(=O)n1F.[Pt]. The monoisotopic (exact) mass is 325 g/mol. The van der Waals surface area contributed by atoms with Crippen LogP contribution in [0.4, 0.5) is 4.48 Å². The van der Waals surface area contributed by atoms with E-state index in [0.29, 0.717) is 0 Å². The van der Waals surface area contributed by atoms with Crippen molar-refractivity contribution in [2.24, 2.45) is 0 Å². The summed E-state index contributed by atoms with van der Waals surface area (Å²) in [6, 6.07) is 0.918. The second-order valence-electron chi connectivity index (χ2n) is 1.40. The van der Waals surface area contributed by atoms with Crippen LogP contribution in [-0.2, 0) is 21.1 Å². The number of halogens is 1. The smallest absolute Gasteiger partial charge is 0.312 e. The third-order valence-electron chi connectivity index (χ3n) is 0.805. The van der Waals surface area contributed by atoms with E-state index in [9.17, 15) is 14.1 Å². The van der Waals surface area contributed by atoms with Crippen molar-refractivity contribution in [1.29, 1.82) is 0 Å². The first-order chi connectivity index (χ1) is 4.22. The number of aromatic amines is 1. The van der Waals surface area contributed by atoms with E-state index in [-0.39, 0.29) is 21.1 Å². The molecular formula is C4H3FN2O2Pt. The molecule has 0 bridgehead atoms. The van der Waals surface area contributed by atoms with E-state index in [0.717, 1.165) is 12.3 Å². The molecule has 0 aliphatic heterocycles. The van der Waals surface area contributed by atoms with Crippen LogP contribution < -0.4 is 11.2 Å². The van der Waals surface area contributed by atoms with Crippen molar-refractivity contribution in [1.82, 2.24) is 9.77 Å². The van der Waals surface area contributed by atoms with Crippen LogP contribution in [0.15, 0.2) is 21.9 Å². The van der Waals surface area contributed by atoms with E-state index in [4.69, 9.17) is 0 Å². The molecule has 0 amide bonds. The van der Waals surface area contributed by atoms with Gasteiger partial charge in [0.05, 0.1) is 0 Å². The van der Waals surface area contributed by atoms with Gasteiger partial charge in [-0.15, -0.1) is 0 Å². The summed E-state index contributed by atoms with van der Waals surface area (Å²) in [5.41, 5.74) is -2.01. The Morgan fingerprint density at radius 2 is 2.10 bits per heavy atom. The van der Waals surface area contributed by atoms with Gasteiger partial charge in [-0.2, -0.15) is 0 Å². The summed E-state index contributed by atoms with van der Waals surface area (Å²) in [5.74, 6) is 0. The molecule has 10 heavy (non-hydrogen) atoms. The number of aromatic nitrogens is 2. The van der Waals surface area contributed by atoms with Crippen molar-refractivity contribution in [3.05, 3.63) is 33.1 Å². The van der Waals surface area contributed by atoms with Crippen LogP contribution in [0.5, 0.6) is 0 Å². The Bertz CT molecular complexity index is 289. The Labute approximate surface area is 68.9 Å². The maximum atomic E-state index is 12.0. The molecule has 58 valence electrons. The molecule has 0 radical (unpaired) electrons. The standard InChI is InChI=1S/C4H3FN2O2.Pt/c5-7-3(8)1-2-6-4(7)9;/h1-2H,(H,6,9);. The molecule has 1 aromatic rings. The van der Waals surface area contributed by atoms with Gasteiger partial charge in [-0.25, -0.2) is 4.79 Å². The molecule has 0 aliphatic rings. The molecule has 0 saturated heterocycles. The van der Waals surface area contributed by atoms with Gasteiger partial charge in [0.25, 0.3) is 5.56 Å². The molecular weight excluding hydrogens is 322 g/mol. The Balaban J connectivity index is 0.000000810. The third-order valence-corrected chi connectivity index (χ3v) is 0.805. The third kappa shape index (κ3) is 1.64. The molecule has 1 aromatic heterocycles. The molecule has 0 atom stereocenters. The number of hydrogen-bond donors (Lipinski definition) is 1. The summed E-state index contributed by atoms with van der Waals surface area (Å²) in [6.45, 7) is 0. The summed E-state index contributed by atoms with van der Waals surface area (Å²) >= 11 is 0. The summed E-state index contributed by atoms with van der Waals surface area (Å²) in [6.07, 6.45) is 1.08. The molecule has 1 heterocycles. The van der Waals surface area contributed by atoms with Crippen molar-refractivity contribution in [3.63, 3.8) is 0 Å². The van der Waals surface area contributed by atoms with Crippen LogP contribution in [0.3, 0.4) is 0 Å². The zero-order chi connectivity index (χ0) is 6.85. The second-order valence-corrected chi connectivity index (χ2v) is 1.40. The average Bonchev–Trinajstić information content (AvgIpc) is 1.83. The first kappa shape index (κ1) is 9.30. The van der Waals surface area contributed by atoms with E-state index in [2.05, 4.69) is 0 Å². The first-order valence-corrected chi connectivity index (χ1v) is 2.19. The molecule has 0 unspecified atom stereocenters. The molecule has 0 aliphatic carbocycles. The van der Waals surface area contributed by atoms with E-state index in [1.807, 2.05) is 4.98 Å². The molecule has 1 rings (SSSR count). The van der Waals surface area contributed by atoms with Gasteiger partial charge < -0.3 is 4.98 Å². The predicted octanol–water partition coefficient (Wildman–Crippen LogP) is -0.733. The number of rotatable bonds is 0. The van der Waals surface area contributed by atoms with Crippen LogP contribution in [0.1, 0.15) is 0 Å². The predicted molar refractivity (Wildman–Crippen MR) is 27.8 cm³/mol. The summed E-state index contributed by atoms with van der Waals surface area (Å²) < 4.78 is 12.0. The minimum Gasteiger partial charge on any atom is -0.312 e. The molecule has 0 spiro atoms. The molecule has 0 saturated carbocycles. The van der Waals surface area contributed by atoms with Crippen molar-refractivity contribution < 1.29 is 25.5 Å². The summed E-state index contributed by atoms with van der Waals surface area (Å²) in [7, 11) is 0. The summed E-state index contributed by atoms with van der Waals surface area (Å²) in [4.78, 5) is 21.9. The maximum Gasteiger partial charge on any atom is 0.357 e. The van der Waals surface area contributed by atoms with E-state index >= 15 is 0 Å². The zero-order valence-electron chi connectivity index (χ0n) is 4.61. The molecule has 4 nitrogen and oxygen atoms in total. The van der Waals surface area contributed by atoms with Gasteiger partial charge in [0.1, 0.15) is 0 Å². The minimum absolute atomic E-state index is 0. The molecule has 1 N–H and O–H groups in total. The van der Waals surface area contributed by atoms with Gasteiger partial charge >= 0.3 is 5.69 Å². The zero-order valence-corrected chi connectivity index (χ0v) is 6.88. The Kier molecular flexibility index (Phi) is 3.22. The van der Waals surface area contributed by atoms with E-state index in [1.54, 1.807) is 0 Å². The molecule has 0 aromatic carbocycles. The van der Waals surface area contributed by atoms with Crippen molar-refractivity contribution in [3.8, 4) is 0 Å². The fraction of sp³-hybridized carbons (Fsp3) is 0. The average molecular weight is 325 g/mol. The maximum absolute atomic E-state index is 12.0. The second kappa shape index (κ2) is 3.46. The van der Waals surface area contributed by atoms with Crippen molar-refractivity contribution >= 4 is 0 Å². The Morgan fingerprint density at radius 1 is 1.50 bits per heavy atom. The quantitative estimate of drug-likeness (QED) is 0.684. The fourth-order valence-electron chi connectivity index (χ4n) is 0.406. The van der Waals surface area contributed by atoms with Crippen LogP contribution in [-0.4, -0.2) is 9.77 Å². The van der Waals surface area contributed by atoms with Crippen molar-refractivity contribution in [2.75, 3.05) is 0 Å². The molecule has 6 heteroatoms. The van der Waals surface area contributed by atoms with Gasteiger partial charge in [-0.1, -0.05) is 9.27 Å². The van der Waals surface area contributed by atoms with Crippen LogP contribution in [0.25, 0.3) is 0 Å². The normalized spacial score (nSPS) is 8.50. The van der Waals surface area contributed by atoms with Crippen molar-refractivity contribution in [2.45, 2.75) is 0 Å². The Hall–Kier alpha value is -0.702. The van der Waals surface area contributed by atoms with Gasteiger partial charge in [-0.05, 0) is 0 Å². The van der Waals surface area contributed by atoms with E-state index < -0.39 is 16.0 Å². The van der Waals surface area contributed by atoms with Crippen LogP contribution in [0.2, 0.25) is 0 Å². The minimum atomic E-state index is -1.05. The van der Waals surface area contributed by atoms with Crippen LogP contribution in [0, 0.1) is 0 Å². The summed E-state index contributed by atoms with van der Waals surface area (Å²) in [5, 5.41) is 0. The van der Waals surface area contributed by atoms with E-state index in [1.165, 1.54) is 0 Å². The number of H-pyrrole nitrogens is 1. The van der Waals surface area contributed by atoms with Gasteiger partial charge in [0, 0.05) is 33.3 Å². The largest absolute Gasteiger partial charge is 0.357 e. The fourth-order valence-corrected chi connectivity index (χ4v) is 0.406. The number of hydrogen-bond acceptors (Lipinski definition) is 2. The molecule has 0 fully saturated rings. The number of nitrogens with zero attached hydrogens (tertiary/aromatic N) is 1. The van der Waals surface area contributed by atoms with Gasteiger partial charge in [0.2, 0.25) is 0 Å². The van der Waals surface area contributed by atoms with Gasteiger partial charge in [0.15, 0.2) is 0 Å².